The van der Waals surface area contributed by atoms with Gasteiger partial charge in [0.1, 0.15) is 0 Å². The first-order valence-corrected chi connectivity index (χ1v) is 27.5. The fourth-order valence-corrected chi connectivity index (χ4v) is 4.41. The smallest absolute Gasteiger partial charge is 0.465 e. The predicted molar refractivity (Wildman–Crippen MR) is 217 cm³/mol. The molecule has 0 unspecified atom stereocenters. The van der Waals surface area contributed by atoms with Gasteiger partial charge in [0.15, 0.2) is 0 Å². The molecule has 2 nitrogen and oxygen atoms in total. The van der Waals surface area contributed by atoms with E-state index in [2.05, 4.69) is 177 Å². The van der Waals surface area contributed by atoms with Crippen LogP contribution >= 0.6 is 0 Å². The molecule has 0 N–H and O–H groups in total. The second-order valence-electron chi connectivity index (χ2n) is 17.7. The van der Waals surface area contributed by atoms with Crippen molar-refractivity contribution in [3.8, 4) is 22.4 Å². The number of aryl methyl sites for hydroxylation is 6. The van der Waals surface area contributed by atoms with E-state index in [1.165, 1.54) is 50.1 Å². The molecule has 2 aromatic carbocycles. The Labute approximate surface area is 309 Å². The Hall–Kier alpha value is -1.08. The van der Waals surface area contributed by atoms with Gasteiger partial charge in [0, 0.05) is 0 Å². The minimum absolute atomic E-state index is 0. The van der Waals surface area contributed by atoms with Gasteiger partial charge in [0.2, 0.25) is 0 Å². The van der Waals surface area contributed by atoms with Crippen LogP contribution in [-0.4, -0.2) is 35.8 Å². The SMILES string of the molecule is Cc1cc(C)c(-c2cc([N-]CC(C)(C)C)nc(-c3c(C)cc(C)cc3C)c2)c(C)c1.[CH2-][Si](C)(C)C.[CH2-][Si](C)(C)C.[CH2-][Si](C)(C)C.[Zr+3]. The third kappa shape index (κ3) is 23.3. The van der Waals surface area contributed by atoms with Crippen molar-refractivity contribution in [2.45, 2.75) is 121 Å². The van der Waals surface area contributed by atoms with Gasteiger partial charge in [-0.1, -0.05) is 133 Å². The summed E-state index contributed by atoms with van der Waals surface area (Å²) in [6.07, 6.45) is 0. The Morgan fingerprint density at radius 1 is 0.565 bits per heavy atom. The van der Waals surface area contributed by atoms with Gasteiger partial charge in [0.05, 0.1) is 0 Å². The molecule has 3 rings (SSSR count). The summed E-state index contributed by atoms with van der Waals surface area (Å²) in [6, 6.07) is 13.4. The van der Waals surface area contributed by atoms with Crippen LogP contribution in [0.1, 0.15) is 54.2 Å². The molecule has 1 radical (unpaired) electrons. The quantitative estimate of drug-likeness (QED) is 0.193. The standard InChI is InChI=1S/C28H35N2.3C4H11Si.Zr/c1-17-10-19(3)26(20(4)11-17)23-14-24(27-21(5)12-18(2)13-22(27)6)30-25(15-23)29-16-28(7,8)9;3*1-5(2,3)4;/h10-15H,16H2,1-9H3;3*1H2,2-4H3;/q4*-1;+3. The Bertz CT molecular complexity index is 1200. The Kier molecular flexibility index (Phi) is 19.6. The van der Waals surface area contributed by atoms with E-state index in [4.69, 9.17) is 10.3 Å². The summed E-state index contributed by atoms with van der Waals surface area (Å²) in [5.74, 6) is 0.816. The summed E-state index contributed by atoms with van der Waals surface area (Å²) in [6.45, 7) is 52.1. The minimum atomic E-state index is -0.861. The van der Waals surface area contributed by atoms with E-state index in [9.17, 15) is 0 Å². The number of nitrogens with zero attached hydrogens (tertiary/aromatic N) is 2. The van der Waals surface area contributed by atoms with Crippen molar-refractivity contribution >= 4 is 30.0 Å². The van der Waals surface area contributed by atoms with Crippen LogP contribution in [0.5, 0.6) is 0 Å². The zero-order valence-electron chi connectivity index (χ0n) is 33.2. The van der Waals surface area contributed by atoms with Crippen LogP contribution in [0.3, 0.4) is 0 Å². The fourth-order valence-electron chi connectivity index (χ4n) is 4.41. The largest absolute Gasteiger partial charge is 3.00 e. The summed E-state index contributed by atoms with van der Waals surface area (Å²) in [4.78, 5) is 4.99. The Morgan fingerprint density at radius 2 is 0.870 bits per heavy atom. The Balaban J connectivity index is 0. The monoisotopic (exact) mass is 750 g/mol. The molecule has 1 aromatic heterocycles. The van der Waals surface area contributed by atoms with E-state index in [1.54, 1.807) is 0 Å². The van der Waals surface area contributed by atoms with Crippen LogP contribution in [0.2, 0.25) is 58.9 Å². The average molecular weight is 752 g/mol. The molecule has 6 heteroatoms. The maximum absolute atomic E-state index is 4.99. The van der Waals surface area contributed by atoms with E-state index in [1.807, 2.05) is 0 Å². The molecular formula is C40H68N2Si3Zr-. The average Bonchev–Trinajstić information content (AvgIpc) is 2.72. The molecule has 0 aliphatic heterocycles. The summed E-state index contributed by atoms with van der Waals surface area (Å²) >= 11 is 0. The predicted octanol–water partition coefficient (Wildman–Crippen LogP) is 13.4. The summed E-state index contributed by atoms with van der Waals surface area (Å²) in [7, 11) is -2.58. The van der Waals surface area contributed by atoms with Gasteiger partial charge in [-0.3, -0.25) is 0 Å². The maximum atomic E-state index is 4.99. The molecule has 3 aromatic rings. The van der Waals surface area contributed by atoms with Crippen LogP contribution < -0.4 is 0 Å². The van der Waals surface area contributed by atoms with Crippen molar-refractivity contribution in [1.82, 2.24) is 4.98 Å². The second-order valence-corrected chi connectivity index (χ2v) is 33.1. The fraction of sp³-hybridized carbons (Fsp3) is 0.500. The minimum Gasteiger partial charge on any atom is -0.465 e. The molecule has 0 saturated carbocycles. The normalized spacial score (nSPS) is 11.5. The van der Waals surface area contributed by atoms with Gasteiger partial charge in [0.25, 0.3) is 0 Å². The zero-order valence-corrected chi connectivity index (χ0v) is 38.6. The van der Waals surface area contributed by atoms with Crippen molar-refractivity contribution < 1.29 is 26.2 Å². The van der Waals surface area contributed by atoms with Crippen molar-refractivity contribution in [2.24, 2.45) is 5.41 Å². The number of benzene rings is 2. The van der Waals surface area contributed by atoms with Crippen molar-refractivity contribution in [3.63, 3.8) is 0 Å². The van der Waals surface area contributed by atoms with Crippen molar-refractivity contribution in [1.29, 1.82) is 0 Å². The van der Waals surface area contributed by atoms with Gasteiger partial charge in [-0.15, -0.1) is 24.2 Å². The molecule has 0 saturated heterocycles. The van der Waals surface area contributed by atoms with Gasteiger partial charge >= 0.3 is 26.2 Å². The van der Waals surface area contributed by atoms with Crippen LogP contribution in [0.4, 0.5) is 5.82 Å². The van der Waals surface area contributed by atoms with Crippen LogP contribution in [0.15, 0.2) is 36.4 Å². The van der Waals surface area contributed by atoms with E-state index in [0.29, 0.717) is 0 Å². The molecule has 1 heterocycles. The summed E-state index contributed by atoms with van der Waals surface area (Å²) in [5.41, 5.74) is 12.5. The molecule has 0 fully saturated rings. The van der Waals surface area contributed by atoms with E-state index in [-0.39, 0.29) is 31.6 Å². The number of pyridine rings is 1. The summed E-state index contributed by atoms with van der Waals surface area (Å²) in [5, 5.41) is 4.89. The first-order chi connectivity index (χ1) is 19.9. The van der Waals surface area contributed by atoms with E-state index < -0.39 is 24.2 Å². The molecule has 0 aliphatic rings. The summed E-state index contributed by atoms with van der Waals surface area (Å²) < 4.78 is 0. The van der Waals surface area contributed by atoms with Gasteiger partial charge in [-0.25, -0.2) is 0 Å². The first-order valence-electron chi connectivity index (χ1n) is 16.4. The van der Waals surface area contributed by atoms with E-state index >= 15 is 0 Å². The third-order valence-electron chi connectivity index (χ3n) is 5.43. The van der Waals surface area contributed by atoms with E-state index in [0.717, 1.165) is 18.1 Å². The molecule has 0 bridgehead atoms. The third-order valence-corrected chi connectivity index (χ3v) is 5.43. The molecule has 0 amide bonds. The van der Waals surface area contributed by atoms with Gasteiger partial charge < -0.3 is 29.9 Å². The number of aromatic nitrogens is 1. The van der Waals surface area contributed by atoms with Crippen molar-refractivity contribution in [2.75, 3.05) is 6.54 Å². The van der Waals surface area contributed by atoms with Gasteiger partial charge in [-0.05, 0) is 98.1 Å². The maximum Gasteiger partial charge on any atom is 3.00 e. The molecule has 0 aliphatic carbocycles. The molecule has 0 atom stereocenters. The van der Waals surface area contributed by atoms with Gasteiger partial charge in [-0.2, -0.15) is 0 Å². The molecular weight excluding hydrogens is 684 g/mol. The molecule has 255 valence electrons. The van der Waals surface area contributed by atoms with Crippen LogP contribution in [0, 0.1) is 66.6 Å². The van der Waals surface area contributed by atoms with Crippen LogP contribution in [-0.2, 0) is 26.2 Å². The zero-order chi connectivity index (χ0) is 35.7. The number of hydrogen-bond donors (Lipinski definition) is 0. The topological polar surface area (TPSA) is 27.0 Å². The van der Waals surface area contributed by atoms with Crippen molar-refractivity contribution in [3.05, 3.63) is 94.7 Å². The Morgan fingerprint density at radius 3 is 1.17 bits per heavy atom. The number of hydrogen-bond acceptors (Lipinski definition) is 1. The molecule has 46 heavy (non-hydrogen) atoms. The number of rotatable bonds is 4. The first kappa shape index (κ1) is 47.0. The second kappa shape index (κ2) is 19.2. The van der Waals surface area contributed by atoms with Crippen LogP contribution in [0.25, 0.3) is 27.7 Å². The molecule has 0 spiro atoms.